The number of ether oxygens (including phenoxy) is 1. The van der Waals surface area contributed by atoms with Gasteiger partial charge in [0.25, 0.3) is 0 Å². The van der Waals surface area contributed by atoms with Crippen molar-refractivity contribution in [3.63, 3.8) is 0 Å². The van der Waals surface area contributed by atoms with Gasteiger partial charge in [-0.1, -0.05) is 17.3 Å². The van der Waals surface area contributed by atoms with E-state index in [1.165, 1.54) is 0 Å². The highest BCUT2D eigenvalue weighted by atomic mass is 16.5. The second kappa shape index (κ2) is 5.31. The monoisotopic (exact) mass is 355 g/mol. The van der Waals surface area contributed by atoms with Gasteiger partial charge in [-0.25, -0.2) is 0 Å². The zero-order valence-corrected chi connectivity index (χ0v) is 14.0. The number of hydrogen-bond acceptors (Lipinski definition) is 6. The number of nitrogens with one attached hydrogen (secondary N) is 1. The van der Waals surface area contributed by atoms with Crippen molar-refractivity contribution >= 4 is 17.6 Å². The number of furan rings is 1. The maximum atomic E-state index is 13.1. The molecule has 2 aromatic rings. The number of carbonyl (C=O) groups is 2. The number of carbonyl (C=O) groups excluding carboxylic acids is 2. The molecule has 0 aromatic carbocycles. The minimum atomic E-state index is -0.776. The van der Waals surface area contributed by atoms with Crippen LogP contribution in [0.1, 0.15) is 11.5 Å². The Morgan fingerprint density at radius 3 is 3.12 bits per heavy atom. The summed E-state index contributed by atoms with van der Waals surface area (Å²) in [4.78, 5) is 27.4. The van der Waals surface area contributed by atoms with E-state index in [1.807, 2.05) is 12.2 Å². The molecule has 26 heavy (non-hydrogen) atoms. The Kier molecular flexibility index (Phi) is 3.14. The second-order valence-electron chi connectivity index (χ2n) is 6.92. The van der Waals surface area contributed by atoms with E-state index in [4.69, 9.17) is 13.7 Å². The van der Waals surface area contributed by atoms with Gasteiger partial charge in [0, 0.05) is 6.07 Å². The van der Waals surface area contributed by atoms with Crippen LogP contribution in [0.4, 0.5) is 5.82 Å². The predicted octanol–water partition coefficient (Wildman–Crippen LogP) is 1.18. The maximum Gasteiger partial charge on any atom is 0.235 e. The maximum absolute atomic E-state index is 13.1. The van der Waals surface area contributed by atoms with Crippen LogP contribution in [0.3, 0.4) is 0 Å². The van der Waals surface area contributed by atoms with Crippen LogP contribution in [0, 0.1) is 18.8 Å². The average Bonchev–Trinajstić information content (AvgIpc) is 3.41. The van der Waals surface area contributed by atoms with Gasteiger partial charge in [0.15, 0.2) is 5.82 Å². The van der Waals surface area contributed by atoms with Crippen molar-refractivity contribution in [1.82, 2.24) is 10.5 Å². The summed E-state index contributed by atoms with van der Waals surface area (Å²) in [5.41, 5.74) is -0.776. The Balaban J connectivity index is 1.40. The second-order valence-corrected chi connectivity index (χ2v) is 6.92. The van der Waals surface area contributed by atoms with Crippen LogP contribution in [0.5, 0.6) is 0 Å². The highest BCUT2D eigenvalue weighted by Crippen LogP contribution is 2.52. The zero-order valence-electron chi connectivity index (χ0n) is 14.0. The van der Waals surface area contributed by atoms with Crippen molar-refractivity contribution in [3.05, 3.63) is 48.1 Å². The first-order chi connectivity index (χ1) is 12.6. The Bertz CT molecular complexity index is 902. The van der Waals surface area contributed by atoms with Crippen LogP contribution in [0.25, 0.3) is 0 Å². The summed E-state index contributed by atoms with van der Waals surface area (Å²) in [6, 6.07) is 5.25. The molecule has 2 bridgehead atoms. The van der Waals surface area contributed by atoms with Crippen LogP contribution < -0.4 is 10.2 Å². The fourth-order valence-electron chi connectivity index (χ4n) is 4.18. The molecule has 0 unspecified atom stereocenters. The summed E-state index contributed by atoms with van der Waals surface area (Å²) in [5, 5.41) is 6.78. The molecule has 1 spiro atoms. The highest BCUT2D eigenvalue weighted by molar-refractivity contribution is 6.02. The molecule has 3 aliphatic heterocycles. The number of aromatic nitrogens is 1. The third-order valence-corrected chi connectivity index (χ3v) is 5.31. The molecule has 8 heteroatoms. The van der Waals surface area contributed by atoms with Gasteiger partial charge in [-0.05, 0) is 19.1 Å². The summed E-state index contributed by atoms with van der Waals surface area (Å²) in [6.07, 6.45) is 4.95. The summed E-state index contributed by atoms with van der Waals surface area (Å²) in [5.74, 6) is 0.219. The standard InChI is InChI=1S/C18H17N3O5/c1-10-7-13(20-26-10)21-9-18-5-4-12(25-18)14(15(18)17(21)23)16(22)19-8-11-3-2-6-24-11/h2-7,12,14-15H,8-9H2,1H3,(H,19,22)/t12-,14+,15-,18+/m1/s1. The molecular weight excluding hydrogens is 338 g/mol. The van der Waals surface area contributed by atoms with E-state index in [0.29, 0.717) is 23.9 Å². The van der Waals surface area contributed by atoms with Gasteiger partial charge in [-0.2, -0.15) is 0 Å². The number of amides is 2. The summed E-state index contributed by atoms with van der Waals surface area (Å²) < 4.78 is 16.4. The van der Waals surface area contributed by atoms with E-state index in [-0.39, 0.29) is 24.5 Å². The van der Waals surface area contributed by atoms with Gasteiger partial charge in [-0.15, -0.1) is 0 Å². The van der Waals surface area contributed by atoms with Gasteiger partial charge in [0.2, 0.25) is 11.8 Å². The van der Waals surface area contributed by atoms with E-state index in [9.17, 15) is 9.59 Å². The first kappa shape index (κ1) is 15.4. The number of aryl methyl sites for hydroxylation is 1. The van der Waals surface area contributed by atoms with Crippen molar-refractivity contribution in [2.45, 2.75) is 25.2 Å². The fraction of sp³-hybridized carbons (Fsp3) is 0.389. The molecule has 0 radical (unpaired) electrons. The topological polar surface area (TPSA) is 97.8 Å². The molecule has 2 saturated heterocycles. The normalized spacial score (nSPS) is 31.7. The van der Waals surface area contributed by atoms with Gasteiger partial charge >= 0.3 is 0 Å². The van der Waals surface area contributed by atoms with E-state index < -0.39 is 17.4 Å². The molecule has 3 aliphatic rings. The van der Waals surface area contributed by atoms with Crippen molar-refractivity contribution in [3.8, 4) is 0 Å². The van der Waals surface area contributed by atoms with Gasteiger partial charge < -0.3 is 19.0 Å². The average molecular weight is 355 g/mol. The molecule has 2 aromatic heterocycles. The fourth-order valence-corrected chi connectivity index (χ4v) is 4.18. The van der Waals surface area contributed by atoms with Crippen LogP contribution in [0.15, 0.2) is 45.6 Å². The molecular formula is C18H17N3O5. The van der Waals surface area contributed by atoms with E-state index >= 15 is 0 Å². The van der Waals surface area contributed by atoms with E-state index in [0.717, 1.165) is 0 Å². The number of nitrogens with zero attached hydrogens (tertiary/aromatic N) is 2. The lowest BCUT2D eigenvalue weighted by atomic mass is 9.77. The van der Waals surface area contributed by atoms with Crippen molar-refractivity contribution in [1.29, 1.82) is 0 Å². The minimum absolute atomic E-state index is 0.164. The third-order valence-electron chi connectivity index (χ3n) is 5.31. The predicted molar refractivity (Wildman–Crippen MR) is 87.9 cm³/mol. The molecule has 5 heterocycles. The first-order valence-electron chi connectivity index (χ1n) is 8.49. The molecule has 2 fully saturated rings. The van der Waals surface area contributed by atoms with Gasteiger partial charge in [0.1, 0.15) is 17.1 Å². The largest absolute Gasteiger partial charge is 0.467 e. The Hall–Kier alpha value is -2.87. The number of hydrogen-bond donors (Lipinski definition) is 1. The number of fused-ring (bicyclic) bond motifs is 1. The third kappa shape index (κ3) is 2.08. The molecule has 134 valence electrons. The lowest BCUT2D eigenvalue weighted by Crippen LogP contribution is -2.43. The molecule has 0 aliphatic carbocycles. The van der Waals surface area contributed by atoms with Crippen LogP contribution >= 0.6 is 0 Å². The summed E-state index contributed by atoms with van der Waals surface area (Å²) in [7, 11) is 0. The van der Waals surface area contributed by atoms with Crippen molar-refractivity contribution in [2.24, 2.45) is 11.8 Å². The van der Waals surface area contributed by atoms with Crippen LogP contribution in [-0.4, -0.2) is 35.2 Å². The van der Waals surface area contributed by atoms with E-state index in [1.54, 1.807) is 36.3 Å². The smallest absolute Gasteiger partial charge is 0.235 e. The Morgan fingerprint density at radius 2 is 2.38 bits per heavy atom. The Labute approximate surface area is 148 Å². The number of rotatable bonds is 4. The highest BCUT2D eigenvalue weighted by Gasteiger charge is 2.67. The van der Waals surface area contributed by atoms with Crippen molar-refractivity contribution < 1.29 is 23.3 Å². The molecule has 2 amide bonds. The van der Waals surface area contributed by atoms with Crippen LogP contribution in [-0.2, 0) is 20.9 Å². The van der Waals surface area contributed by atoms with Crippen molar-refractivity contribution in [2.75, 3.05) is 11.4 Å². The van der Waals surface area contributed by atoms with E-state index in [2.05, 4.69) is 10.5 Å². The number of anilines is 1. The minimum Gasteiger partial charge on any atom is -0.467 e. The van der Waals surface area contributed by atoms with Crippen LogP contribution in [0.2, 0.25) is 0 Å². The van der Waals surface area contributed by atoms with Gasteiger partial charge in [0.05, 0.1) is 37.3 Å². The SMILES string of the molecule is Cc1cc(N2C[C@]34C=C[C@@H](O3)[C@H](C(=O)NCc3ccco3)[C@@H]4C2=O)no1. The quantitative estimate of drug-likeness (QED) is 0.827. The lowest BCUT2D eigenvalue weighted by Gasteiger charge is -2.23. The lowest BCUT2D eigenvalue weighted by molar-refractivity contribution is -0.132. The van der Waals surface area contributed by atoms with Gasteiger partial charge in [-0.3, -0.25) is 14.5 Å². The molecule has 0 saturated carbocycles. The molecule has 4 atom stereocenters. The zero-order chi connectivity index (χ0) is 17.9. The molecule has 8 nitrogen and oxygen atoms in total. The Morgan fingerprint density at radius 1 is 1.50 bits per heavy atom. The summed E-state index contributed by atoms with van der Waals surface area (Å²) in [6.45, 7) is 2.37. The summed E-state index contributed by atoms with van der Waals surface area (Å²) >= 11 is 0. The molecule has 1 N–H and O–H groups in total. The first-order valence-corrected chi connectivity index (χ1v) is 8.49. The molecule has 5 rings (SSSR count).